The van der Waals surface area contributed by atoms with Gasteiger partial charge >= 0.3 is 0 Å². The van der Waals surface area contributed by atoms with Gasteiger partial charge in [0.1, 0.15) is 11.9 Å². The first-order valence-electron chi connectivity index (χ1n) is 5.86. The molecule has 3 nitrogen and oxygen atoms in total. The van der Waals surface area contributed by atoms with Crippen molar-refractivity contribution in [1.29, 1.82) is 5.26 Å². The summed E-state index contributed by atoms with van der Waals surface area (Å²) < 4.78 is 13.2. The van der Waals surface area contributed by atoms with Crippen molar-refractivity contribution in [3.8, 4) is 6.07 Å². The highest BCUT2D eigenvalue weighted by atomic mass is 19.1. The molecule has 0 saturated carbocycles. The predicted octanol–water partition coefficient (Wildman–Crippen LogP) is 1.66. The van der Waals surface area contributed by atoms with E-state index in [2.05, 4.69) is 17.1 Å². The largest absolute Gasteiger partial charge is 0.314 e. The van der Waals surface area contributed by atoms with Gasteiger partial charge in [0.25, 0.3) is 0 Å². The van der Waals surface area contributed by atoms with Crippen molar-refractivity contribution in [3.63, 3.8) is 0 Å². The molecule has 1 N–H and O–H groups in total. The molecule has 1 aliphatic rings. The van der Waals surface area contributed by atoms with Crippen molar-refractivity contribution >= 4 is 0 Å². The summed E-state index contributed by atoms with van der Waals surface area (Å²) in [7, 11) is 0. The van der Waals surface area contributed by atoms with Crippen LogP contribution in [0.15, 0.2) is 18.2 Å². The molecule has 1 saturated heterocycles. The number of nitrogens with one attached hydrogen (secondary N) is 1. The molecule has 4 heteroatoms. The van der Waals surface area contributed by atoms with Gasteiger partial charge in [0.2, 0.25) is 0 Å². The Hall–Kier alpha value is -1.44. The summed E-state index contributed by atoms with van der Waals surface area (Å²) in [4.78, 5) is 2.34. The van der Waals surface area contributed by atoms with Crippen molar-refractivity contribution in [1.82, 2.24) is 10.2 Å². The van der Waals surface area contributed by atoms with Crippen LogP contribution in [0, 0.1) is 17.1 Å². The summed E-state index contributed by atoms with van der Waals surface area (Å²) in [6.07, 6.45) is 0. The fourth-order valence-corrected chi connectivity index (χ4v) is 2.17. The molecule has 0 bridgehead atoms. The van der Waals surface area contributed by atoms with Gasteiger partial charge in [-0.1, -0.05) is 6.07 Å². The zero-order valence-corrected chi connectivity index (χ0v) is 9.91. The third-order valence-electron chi connectivity index (χ3n) is 3.29. The predicted molar refractivity (Wildman–Crippen MR) is 64.0 cm³/mol. The SMILES string of the molecule is C[C@@H](c1ccc(F)c(C#N)c1)N1CCNCC1. The lowest BCUT2D eigenvalue weighted by Gasteiger charge is -2.33. The fourth-order valence-electron chi connectivity index (χ4n) is 2.17. The van der Waals surface area contributed by atoms with Crippen molar-refractivity contribution < 1.29 is 4.39 Å². The van der Waals surface area contributed by atoms with Crippen molar-refractivity contribution in [3.05, 3.63) is 35.1 Å². The van der Waals surface area contributed by atoms with Crippen LogP contribution in [0.3, 0.4) is 0 Å². The minimum atomic E-state index is -0.441. The monoisotopic (exact) mass is 233 g/mol. The second-order valence-electron chi connectivity index (χ2n) is 4.31. The Kier molecular flexibility index (Phi) is 3.72. The lowest BCUT2D eigenvalue weighted by molar-refractivity contribution is 0.185. The molecule has 1 aromatic carbocycles. The molecule has 17 heavy (non-hydrogen) atoms. The van der Waals surface area contributed by atoms with E-state index in [1.807, 2.05) is 6.07 Å². The van der Waals surface area contributed by atoms with Gasteiger partial charge in [-0.15, -0.1) is 0 Å². The summed E-state index contributed by atoms with van der Waals surface area (Å²) in [5.41, 5.74) is 1.13. The standard InChI is InChI=1S/C13H16FN3/c1-10(17-6-4-16-5-7-17)11-2-3-13(14)12(8-11)9-15/h2-3,8,10,16H,4-7H2,1H3/t10-/m0/s1. The first kappa shape index (κ1) is 12.0. The molecule has 0 amide bonds. The average molecular weight is 233 g/mol. The van der Waals surface area contributed by atoms with Crippen LogP contribution in [0.4, 0.5) is 4.39 Å². The van der Waals surface area contributed by atoms with Crippen LogP contribution in [-0.2, 0) is 0 Å². The zero-order chi connectivity index (χ0) is 12.3. The van der Waals surface area contributed by atoms with E-state index in [1.54, 1.807) is 12.1 Å². The van der Waals surface area contributed by atoms with Crippen LogP contribution in [0.25, 0.3) is 0 Å². The molecule has 1 aliphatic heterocycles. The number of nitrogens with zero attached hydrogens (tertiary/aromatic N) is 2. The smallest absolute Gasteiger partial charge is 0.140 e. The Morgan fingerprint density at radius 2 is 2.12 bits per heavy atom. The first-order valence-corrected chi connectivity index (χ1v) is 5.86. The Bertz CT molecular complexity index is 433. The molecule has 1 aromatic rings. The molecule has 1 atom stereocenters. The fraction of sp³-hybridized carbons (Fsp3) is 0.462. The number of halogens is 1. The van der Waals surface area contributed by atoms with Crippen LogP contribution in [-0.4, -0.2) is 31.1 Å². The lowest BCUT2D eigenvalue weighted by atomic mass is 10.0. The molecule has 0 radical (unpaired) electrons. The second-order valence-corrected chi connectivity index (χ2v) is 4.31. The number of benzene rings is 1. The van der Waals surface area contributed by atoms with E-state index in [0.29, 0.717) is 0 Å². The van der Waals surface area contributed by atoms with Crippen molar-refractivity contribution in [2.24, 2.45) is 0 Å². The Morgan fingerprint density at radius 3 is 2.76 bits per heavy atom. The third kappa shape index (κ3) is 2.63. The highest BCUT2D eigenvalue weighted by Crippen LogP contribution is 2.22. The Morgan fingerprint density at radius 1 is 1.41 bits per heavy atom. The summed E-state index contributed by atoms with van der Waals surface area (Å²) in [6.45, 7) is 6.04. The topological polar surface area (TPSA) is 39.1 Å². The molecule has 0 unspecified atom stereocenters. The first-order chi connectivity index (χ1) is 8.22. The van der Waals surface area contributed by atoms with Crippen molar-refractivity contribution in [2.45, 2.75) is 13.0 Å². The molecule has 1 heterocycles. The molecule has 0 aromatic heterocycles. The molecule has 0 aliphatic carbocycles. The number of hydrogen-bond donors (Lipinski definition) is 1. The molecule has 1 fully saturated rings. The number of piperazine rings is 1. The third-order valence-corrected chi connectivity index (χ3v) is 3.29. The minimum absolute atomic E-state index is 0.129. The summed E-state index contributed by atoms with van der Waals surface area (Å²) in [5.74, 6) is -0.441. The lowest BCUT2D eigenvalue weighted by Crippen LogP contribution is -2.44. The number of rotatable bonds is 2. The summed E-state index contributed by atoms with van der Waals surface area (Å²) >= 11 is 0. The van der Waals surface area contributed by atoms with E-state index in [0.717, 1.165) is 31.7 Å². The summed E-state index contributed by atoms with van der Waals surface area (Å²) in [5, 5.41) is 12.1. The van der Waals surface area contributed by atoms with E-state index in [-0.39, 0.29) is 11.6 Å². The van der Waals surface area contributed by atoms with Gasteiger partial charge in [-0.25, -0.2) is 4.39 Å². The molecule has 90 valence electrons. The zero-order valence-electron chi connectivity index (χ0n) is 9.91. The van der Waals surface area contributed by atoms with Crippen molar-refractivity contribution in [2.75, 3.05) is 26.2 Å². The van der Waals surface area contributed by atoms with Gasteiger partial charge in [-0.05, 0) is 24.6 Å². The maximum atomic E-state index is 13.2. The molecular weight excluding hydrogens is 217 g/mol. The van der Waals surface area contributed by atoms with Crippen LogP contribution in [0.5, 0.6) is 0 Å². The second kappa shape index (κ2) is 5.26. The molecule has 0 spiro atoms. The van der Waals surface area contributed by atoms with Gasteiger partial charge in [0.05, 0.1) is 5.56 Å². The van der Waals surface area contributed by atoms with Crippen LogP contribution in [0.1, 0.15) is 24.1 Å². The Labute approximate surface area is 101 Å². The van der Waals surface area contributed by atoms with E-state index in [1.165, 1.54) is 6.07 Å². The van der Waals surface area contributed by atoms with Gasteiger partial charge in [0.15, 0.2) is 0 Å². The summed E-state index contributed by atoms with van der Waals surface area (Å²) in [6, 6.07) is 6.92. The quantitative estimate of drug-likeness (QED) is 0.844. The molecule has 2 rings (SSSR count). The average Bonchev–Trinajstić information content (AvgIpc) is 2.39. The van der Waals surface area contributed by atoms with E-state index in [9.17, 15) is 4.39 Å². The van der Waals surface area contributed by atoms with Gasteiger partial charge in [-0.2, -0.15) is 5.26 Å². The van der Waals surface area contributed by atoms with Crippen LogP contribution < -0.4 is 5.32 Å². The van der Waals surface area contributed by atoms with Gasteiger partial charge < -0.3 is 5.32 Å². The number of nitriles is 1. The normalized spacial score (nSPS) is 18.6. The maximum Gasteiger partial charge on any atom is 0.140 e. The Balaban J connectivity index is 2.18. The van der Waals surface area contributed by atoms with E-state index < -0.39 is 5.82 Å². The minimum Gasteiger partial charge on any atom is -0.314 e. The highest BCUT2D eigenvalue weighted by Gasteiger charge is 2.18. The maximum absolute atomic E-state index is 13.2. The van der Waals surface area contributed by atoms with Gasteiger partial charge in [-0.3, -0.25) is 4.90 Å². The van der Waals surface area contributed by atoms with E-state index in [4.69, 9.17) is 5.26 Å². The highest BCUT2D eigenvalue weighted by molar-refractivity contribution is 5.35. The van der Waals surface area contributed by atoms with E-state index >= 15 is 0 Å². The molecular formula is C13H16FN3. The van der Waals surface area contributed by atoms with Crippen LogP contribution in [0.2, 0.25) is 0 Å². The van der Waals surface area contributed by atoms with Crippen LogP contribution >= 0.6 is 0 Å². The number of hydrogen-bond acceptors (Lipinski definition) is 3. The van der Waals surface area contributed by atoms with Gasteiger partial charge in [0, 0.05) is 32.2 Å².